The van der Waals surface area contributed by atoms with E-state index in [0.29, 0.717) is 29.9 Å². The van der Waals surface area contributed by atoms with Crippen LogP contribution in [0.3, 0.4) is 0 Å². The number of likely N-dealkylation sites (tertiary alicyclic amines) is 1. The summed E-state index contributed by atoms with van der Waals surface area (Å²) in [6, 6.07) is 4.67. The highest BCUT2D eigenvalue weighted by molar-refractivity contribution is 7.92. The number of amides is 1. The van der Waals surface area contributed by atoms with Crippen molar-refractivity contribution in [3.63, 3.8) is 0 Å². The van der Waals surface area contributed by atoms with Gasteiger partial charge in [0.2, 0.25) is 10.0 Å². The Bertz CT molecular complexity index is 1380. The summed E-state index contributed by atoms with van der Waals surface area (Å²) in [6.07, 6.45) is 3.18. The molecular formula is C21H24FN5O4S. The highest BCUT2D eigenvalue weighted by Gasteiger charge is 2.32. The zero-order chi connectivity index (χ0) is 23.2. The molecule has 1 amide bonds. The van der Waals surface area contributed by atoms with Crippen LogP contribution in [0.4, 0.5) is 10.1 Å². The van der Waals surface area contributed by atoms with Crippen LogP contribution in [-0.4, -0.2) is 46.6 Å². The first-order chi connectivity index (χ1) is 15.0. The van der Waals surface area contributed by atoms with E-state index in [4.69, 9.17) is 0 Å². The van der Waals surface area contributed by atoms with E-state index in [9.17, 15) is 22.4 Å². The minimum absolute atomic E-state index is 0.0136. The average molecular weight is 462 g/mol. The number of benzene rings is 1. The van der Waals surface area contributed by atoms with Crippen LogP contribution in [-0.2, 0) is 10.0 Å². The number of nitrogens with one attached hydrogen (secondary N) is 2. The van der Waals surface area contributed by atoms with Gasteiger partial charge < -0.3 is 9.88 Å². The van der Waals surface area contributed by atoms with Crippen molar-refractivity contribution >= 4 is 27.3 Å². The first kappa shape index (κ1) is 22.0. The molecule has 11 heteroatoms. The summed E-state index contributed by atoms with van der Waals surface area (Å²) in [7, 11) is -3.67. The number of sulfonamides is 1. The van der Waals surface area contributed by atoms with E-state index in [2.05, 4.69) is 14.8 Å². The van der Waals surface area contributed by atoms with Crippen molar-refractivity contribution in [1.82, 2.24) is 19.5 Å². The number of nitrogens with zero attached hydrogens (tertiary/aromatic N) is 3. The lowest BCUT2D eigenvalue weighted by molar-refractivity contribution is 0.0606. The van der Waals surface area contributed by atoms with Gasteiger partial charge in [-0.1, -0.05) is 0 Å². The second kappa shape index (κ2) is 8.05. The van der Waals surface area contributed by atoms with Crippen LogP contribution < -0.4 is 10.3 Å². The fourth-order valence-electron chi connectivity index (χ4n) is 4.03. The summed E-state index contributed by atoms with van der Waals surface area (Å²) in [5, 5.41) is 4.46. The number of H-pyrrole nitrogens is 1. The third kappa shape index (κ3) is 4.12. The zero-order valence-corrected chi connectivity index (χ0v) is 18.8. The van der Waals surface area contributed by atoms with Gasteiger partial charge in [0.25, 0.3) is 11.5 Å². The van der Waals surface area contributed by atoms with Crippen molar-refractivity contribution in [1.29, 1.82) is 0 Å². The molecule has 4 rings (SSSR count). The van der Waals surface area contributed by atoms with Crippen LogP contribution in [0.25, 0.3) is 5.65 Å². The standard InChI is InChI=1S/C21H24FN5O4S/c1-12-13(2)23-19-11-17(24-27(19)20(12)28)18-6-4-5-9-26(18)21(29)15-10-14(22)7-8-16(15)25-32(3,30)31/h7-8,10-11,18,23,25H,4-6,9H2,1-3H3/t18-/m0/s1. The van der Waals surface area contributed by atoms with Crippen LogP contribution in [0.2, 0.25) is 0 Å². The number of aromatic nitrogens is 3. The predicted molar refractivity (Wildman–Crippen MR) is 118 cm³/mol. The maximum Gasteiger partial charge on any atom is 0.277 e. The summed E-state index contributed by atoms with van der Waals surface area (Å²) >= 11 is 0. The number of fused-ring (bicyclic) bond motifs is 1. The average Bonchev–Trinajstić information content (AvgIpc) is 3.16. The number of aromatic amines is 1. The molecule has 2 aromatic heterocycles. The molecule has 0 bridgehead atoms. The monoisotopic (exact) mass is 461 g/mol. The smallest absolute Gasteiger partial charge is 0.277 e. The zero-order valence-electron chi connectivity index (χ0n) is 18.0. The fourth-order valence-corrected chi connectivity index (χ4v) is 4.61. The van der Waals surface area contributed by atoms with Gasteiger partial charge in [-0.05, 0) is 51.3 Å². The first-order valence-corrected chi connectivity index (χ1v) is 12.1. The molecule has 1 atom stereocenters. The summed E-state index contributed by atoms with van der Waals surface area (Å²) in [5.41, 5.74) is 2.07. The van der Waals surface area contributed by atoms with E-state index in [-0.39, 0.29) is 16.8 Å². The fraction of sp³-hybridized carbons (Fsp3) is 0.381. The molecule has 2 N–H and O–H groups in total. The Kier molecular flexibility index (Phi) is 5.53. The Morgan fingerprint density at radius 3 is 2.72 bits per heavy atom. The molecule has 1 aromatic carbocycles. The number of aryl methyl sites for hydroxylation is 1. The molecule has 9 nitrogen and oxygen atoms in total. The van der Waals surface area contributed by atoms with Crippen molar-refractivity contribution in [2.75, 3.05) is 17.5 Å². The lowest BCUT2D eigenvalue weighted by atomic mass is 9.98. The molecule has 1 fully saturated rings. The lowest BCUT2D eigenvalue weighted by Crippen LogP contribution is -2.39. The molecule has 1 saturated heterocycles. The van der Waals surface area contributed by atoms with Crippen LogP contribution in [0.15, 0.2) is 29.1 Å². The summed E-state index contributed by atoms with van der Waals surface area (Å²) < 4.78 is 41.0. The van der Waals surface area contributed by atoms with Crippen LogP contribution in [0.5, 0.6) is 0 Å². The second-order valence-corrected chi connectivity index (χ2v) is 9.87. The van der Waals surface area contributed by atoms with Gasteiger partial charge >= 0.3 is 0 Å². The van der Waals surface area contributed by atoms with Gasteiger partial charge in [0, 0.05) is 23.9 Å². The Balaban J connectivity index is 1.76. The van der Waals surface area contributed by atoms with Crippen molar-refractivity contribution in [3.05, 3.63) is 63.0 Å². The molecule has 0 radical (unpaired) electrons. The number of carbonyl (C=O) groups excluding carboxylic acids is 1. The van der Waals surface area contributed by atoms with Gasteiger partial charge in [-0.2, -0.15) is 9.61 Å². The molecule has 3 heterocycles. The number of halogens is 1. The van der Waals surface area contributed by atoms with Crippen molar-refractivity contribution in [3.8, 4) is 0 Å². The SMILES string of the molecule is Cc1[nH]c2cc([C@@H]3CCCCN3C(=O)c3cc(F)ccc3NS(C)(=O)=O)nn2c(=O)c1C. The maximum absolute atomic E-state index is 14.0. The minimum Gasteiger partial charge on any atom is -0.343 e. The normalized spacial score (nSPS) is 17.0. The van der Waals surface area contributed by atoms with Gasteiger partial charge in [0.15, 0.2) is 0 Å². The molecule has 0 unspecified atom stereocenters. The molecule has 0 saturated carbocycles. The van der Waals surface area contributed by atoms with Gasteiger partial charge in [0.05, 0.1) is 29.2 Å². The van der Waals surface area contributed by atoms with Crippen LogP contribution in [0.1, 0.15) is 52.6 Å². The largest absolute Gasteiger partial charge is 0.343 e. The van der Waals surface area contributed by atoms with Crippen molar-refractivity contribution in [2.45, 2.75) is 39.2 Å². The summed E-state index contributed by atoms with van der Waals surface area (Å²) in [5.74, 6) is -1.15. The number of hydrogen-bond acceptors (Lipinski definition) is 5. The predicted octanol–water partition coefficient (Wildman–Crippen LogP) is 2.52. The van der Waals surface area contributed by atoms with Gasteiger partial charge in [-0.3, -0.25) is 14.3 Å². The van der Waals surface area contributed by atoms with Gasteiger partial charge in [-0.15, -0.1) is 0 Å². The quantitative estimate of drug-likeness (QED) is 0.619. The van der Waals surface area contributed by atoms with Gasteiger partial charge in [0.1, 0.15) is 11.5 Å². The third-order valence-corrected chi connectivity index (χ3v) is 6.32. The molecule has 32 heavy (non-hydrogen) atoms. The van der Waals surface area contributed by atoms with E-state index in [1.165, 1.54) is 10.6 Å². The number of anilines is 1. The Hall–Kier alpha value is -3.21. The van der Waals surface area contributed by atoms with Crippen LogP contribution in [0, 0.1) is 19.7 Å². The Morgan fingerprint density at radius 2 is 2.00 bits per heavy atom. The number of rotatable bonds is 4. The number of piperidine rings is 1. The van der Waals surface area contributed by atoms with Crippen molar-refractivity contribution in [2.24, 2.45) is 0 Å². The van der Waals surface area contributed by atoms with Crippen molar-refractivity contribution < 1.29 is 17.6 Å². The van der Waals surface area contributed by atoms with E-state index in [1.54, 1.807) is 24.8 Å². The van der Waals surface area contributed by atoms with Crippen LogP contribution >= 0.6 is 0 Å². The summed E-state index contributed by atoms with van der Waals surface area (Å²) in [6.45, 7) is 3.92. The van der Waals surface area contributed by atoms with E-state index in [1.807, 2.05) is 0 Å². The van der Waals surface area contributed by atoms with E-state index < -0.39 is 27.8 Å². The number of hydrogen-bond donors (Lipinski definition) is 2. The summed E-state index contributed by atoms with van der Waals surface area (Å²) in [4.78, 5) is 30.8. The lowest BCUT2D eigenvalue weighted by Gasteiger charge is -2.35. The highest BCUT2D eigenvalue weighted by atomic mass is 32.2. The number of carbonyl (C=O) groups is 1. The molecule has 0 aliphatic carbocycles. The molecule has 1 aliphatic rings. The molecule has 0 spiro atoms. The maximum atomic E-state index is 14.0. The third-order valence-electron chi connectivity index (χ3n) is 5.73. The Labute approximate surface area is 184 Å². The highest BCUT2D eigenvalue weighted by Crippen LogP contribution is 2.33. The molecular weight excluding hydrogens is 437 g/mol. The Morgan fingerprint density at radius 1 is 1.25 bits per heavy atom. The second-order valence-electron chi connectivity index (χ2n) is 8.12. The topological polar surface area (TPSA) is 117 Å². The first-order valence-electron chi connectivity index (χ1n) is 10.2. The van der Waals surface area contributed by atoms with Gasteiger partial charge in [-0.25, -0.2) is 12.8 Å². The minimum atomic E-state index is -3.67. The molecule has 1 aliphatic heterocycles. The van der Waals surface area contributed by atoms with E-state index >= 15 is 0 Å². The molecule has 3 aromatic rings. The molecule has 170 valence electrons. The van der Waals surface area contributed by atoms with E-state index in [0.717, 1.165) is 36.9 Å².